The van der Waals surface area contributed by atoms with Crippen LogP contribution >= 0.6 is 0 Å². The van der Waals surface area contributed by atoms with Gasteiger partial charge in [-0.2, -0.15) is 0 Å². The normalized spacial score (nSPS) is 19.0. The van der Waals surface area contributed by atoms with Gasteiger partial charge in [0.2, 0.25) is 0 Å². The van der Waals surface area contributed by atoms with E-state index in [1.807, 2.05) is 0 Å². The molecular formula is C36H28O2. The molecule has 2 heterocycles. The lowest BCUT2D eigenvalue weighted by atomic mass is 9.62. The van der Waals surface area contributed by atoms with Gasteiger partial charge in [-0.1, -0.05) is 66.7 Å². The quantitative estimate of drug-likeness (QED) is 0.245. The molecule has 2 atom stereocenters. The summed E-state index contributed by atoms with van der Waals surface area (Å²) in [4.78, 5) is 0. The molecule has 3 aliphatic carbocycles. The number of rotatable bonds is 2. The van der Waals surface area contributed by atoms with Gasteiger partial charge in [0.1, 0.15) is 22.9 Å². The fourth-order valence-electron chi connectivity index (χ4n) is 6.88. The minimum Gasteiger partial charge on any atom is -0.465 e. The summed E-state index contributed by atoms with van der Waals surface area (Å²) < 4.78 is 13.0. The molecule has 0 radical (unpaired) electrons. The van der Waals surface area contributed by atoms with Crippen molar-refractivity contribution in [3.63, 3.8) is 0 Å². The number of hydrogen-bond donors (Lipinski definition) is 0. The molecule has 2 nitrogen and oxygen atoms in total. The lowest BCUT2D eigenvalue weighted by Crippen LogP contribution is -2.25. The fraction of sp³-hybridized carbons (Fsp3) is 0.167. The van der Waals surface area contributed by atoms with Crippen molar-refractivity contribution in [3.8, 4) is 0 Å². The molecule has 38 heavy (non-hydrogen) atoms. The first kappa shape index (κ1) is 21.8. The van der Waals surface area contributed by atoms with Crippen molar-refractivity contribution in [3.05, 3.63) is 140 Å². The van der Waals surface area contributed by atoms with E-state index in [1.165, 1.54) is 66.6 Å². The average Bonchev–Trinajstić information content (AvgIpc) is 3.41. The van der Waals surface area contributed by atoms with Crippen LogP contribution in [0.15, 0.2) is 87.2 Å². The van der Waals surface area contributed by atoms with E-state index in [-0.39, 0.29) is 11.8 Å². The molecule has 8 rings (SSSR count). The fourth-order valence-corrected chi connectivity index (χ4v) is 6.88. The lowest BCUT2D eigenvalue weighted by molar-refractivity contribution is 0.447. The summed E-state index contributed by atoms with van der Waals surface area (Å²) >= 11 is 0. The summed E-state index contributed by atoms with van der Waals surface area (Å²) in [5.41, 5.74) is 15.0. The Kier molecular flexibility index (Phi) is 4.36. The van der Waals surface area contributed by atoms with E-state index >= 15 is 0 Å². The highest BCUT2D eigenvalue weighted by atomic mass is 16.3. The van der Waals surface area contributed by atoms with Gasteiger partial charge >= 0.3 is 0 Å². The van der Waals surface area contributed by atoms with E-state index < -0.39 is 0 Å². The standard InChI is InChI=1S/C36H28O2/c1-19-21(3)37-35-25(19)15-29-27(23-11-7-5-8-12-23)18-32-34-30(16-26-20(2)22(4)38-36(26)32)28(17-31(35)33(29)34)24-13-9-6-10-14-24/h5-18,31,33H,1-4H3. The van der Waals surface area contributed by atoms with Gasteiger partial charge in [-0.05, 0) is 96.0 Å². The van der Waals surface area contributed by atoms with Crippen LogP contribution < -0.4 is 0 Å². The molecule has 3 aliphatic rings. The van der Waals surface area contributed by atoms with Crippen LogP contribution in [0.3, 0.4) is 0 Å². The first-order chi connectivity index (χ1) is 18.5. The van der Waals surface area contributed by atoms with Crippen LogP contribution in [0.25, 0.3) is 34.3 Å². The molecule has 0 N–H and O–H groups in total. The zero-order valence-electron chi connectivity index (χ0n) is 22.1. The van der Waals surface area contributed by atoms with Crippen LogP contribution in [0, 0.1) is 27.7 Å². The predicted molar refractivity (Wildman–Crippen MR) is 155 cm³/mol. The third-order valence-corrected chi connectivity index (χ3v) is 9.02. The van der Waals surface area contributed by atoms with Crippen molar-refractivity contribution in [2.75, 3.05) is 0 Å². The van der Waals surface area contributed by atoms with E-state index in [4.69, 9.17) is 8.83 Å². The van der Waals surface area contributed by atoms with Crippen molar-refractivity contribution >= 4 is 34.3 Å². The highest BCUT2D eigenvalue weighted by molar-refractivity contribution is 6.08. The van der Waals surface area contributed by atoms with Gasteiger partial charge in [0.05, 0.1) is 0 Å². The van der Waals surface area contributed by atoms with Crippen LogP contribution in [-0.4, -0.2) is 0 Å². The van der Waals surface area contributed by atoms with Crippen LogP contribution in [0.5, 0.6) is 0 Å². The summed E-state index contributed by atoms with van der Waals surface area (Å²) in [6, 6.07) is 24.0. The highest BCUT2D eigenvalue weighted by Crippen LogP contribution is 2.60. The third-order valence-electron chi connectivity index (χ3n) is 9.02. The van der Waals surface area contributed by atoms with Crippen molar-refractivity contribution in [2.24, 2.45) is 0 Å². The number of aryl methyl sites for hydroxylation is 3. The molecule has 2 heteroatoms. The summed E-state index contributed by atoms with van der Waals surface area (Å²) in [6.07, 6.45) is 7.26. The number of allylic oxidation sites excluding steroid dienone is 3. The van der Waals surface area contributed by atoms with Gasteiger partial charge in [0.25, 0.3) is 0 Å². The predicted octanol–water partition coefficient (Wildman–Crippen LogP) is 9.52. The Balaban J connectivity index is 1.55. The van der Waals surface area contributed by atoms with Crippen LogP contribution in [0.2, 0.25) is 0 Å². The van der Waals surface area contributed by atoms with Gasteiger partial charge < -0.3 is 8.83 Å². The second kappa shape index (κ2) is 7.61. The number of benzene rings is 3. The minimum atomic E-state index is 0.112. The van der Waals surface area contributed by atoms with Gasteiger partial charge in [0.15, 0.2) is 0 Å². The van der Waals surface area contributed by atoms with Crippen LogP contribution in [0.4, 0.5) is 0 Å². The molecule has 0 saturated heterocycles. The summed E-state index contributed by atoms with van der Waals surface area (Å²) in [6.45, 7) is 8.53. The SMILES string of the molecule is Cc1oc2c(c1C)C=C1C(c3ccccc3)=Cc3c4c(cc5c(C)c(C)oc35)C(c3ccccc3)=CC2C14. The Labute approximate surface area is 222 Å². The molecule has 184 valence electrons. The maximum absolute atomic E-state index is 6.54. The summed E-state index contributed by atoms with van der Waals surface area (Å²) in [5, 5.41) is 1.20. The monoisotopic (exact) mass is 492 g/mol. The Hall–Kier alpha value is -4.30. The van der Waals surface area contributed by atoms with E-state index in [2.05, 4.69) is 113 Å². The first-order valence-corrected chi connectivity index (χ1v) is 13.4. The number of furan rings is 2. The number of fused-ring (bicyclic) bond motifs is 4. The molecule has 3 aromatic carbocycles. The molecule has 0 aliphatic heterocycles. The second-order valence-corrected chi connectivity index (χ2v) is 10.9. The highest BCUT2D eigenvalue weighted by Gasteiger charge is 2.44. The zero-order chi connectivity index (χ0) is 25.7. The van der Waals surface area contributed by atoms with E-state index in [0.717, 1.165) is 22.9 Å². The number of hydrogen-bond acceptors (Lipinski definition) is 2. The van der Waals surface area contributed by atoms with Crippen molar-refractivity contribution in [1.82, 2.24) is 0 Å². The molecule has 0 fully saturated rings. The van der Waals surface area contributed by atoms with Crippen LogP contribution in [0.1, 0.15) is 73.6 Å². The third kappa shape index (κ3) is 2.78. The molecule has 2 aromatic heterocycles. The molecule has 5 aromatic rings. The molecule has 0 spiro atoms. The van der Waals surface area contributed by atoms with Gasteiger partial charge in [-0.25, -0.2) is 0 Å². The molecule has 0 bridgehead atoms. The van der Waals surface area contributed by atoms with Crippen molar-refractivity contribution < 1.29 is 8.83 Å². The zero-order valence-corrected chi connectivity index (χ0v) is 22.1. The Morgan fingerprint density at radius 2 is 1.32 bits per heavy atom. The van der Waals surface area contributed by atoms with E-state index in [0.29, 0.717) is 0 Å². The topological polar surface area (TPSA) is 26.3 Å². The van der Waals surface area contributed by atoms with E-state index in [1.54, 1.807) is 0 Å². The van der Waals surface area contributed by atoms with Crippen molar-refractivity contribution in [2.45, 2.75) is 39.5 Å². The van der Waals surface area contributed by atoms with Crippen molar-refractivity contribution in [1.29, 1.82) is 0 Å². The Bertz CT molecular complexity index is 1890. The minimum absolute atomic E-state index is 0.112. The molecule has 0 amide bonds. The maximum atomic E-state index is 6.54. The van der Waals surface area contributed by atoms with Gasteiger partial charge in [0, 0.05) is 28.3 Å². The lowest BCUT2D eigenvalue weighted by Gasteiger charge is -2.40. The average molecular weight is 493 g/mol. The van der Waals surface area contributed by atoms with Gasteiger partial charge in [-0.15, -0.1) is 0 Å². The largest absolute Gasteiger partial charge is 0.465 e. The van der Waals surface area contributed by atoms with Crippen LogP contribution in [-0.2, 0) is 0 Å². The smallest absolute Gasteiger partial charge is 0.142 e. The first-order valence-electron chi connectivity index (χ1n) is 13.4. The molecular weight excluding hydrogens is 464 g/mol. The Morgan fingerprint density at radius 3 is 2.03 bits per heavy atom. The molecule has 0 saturated carbocycles. The van der Waals surface area contributed by atoms with Gasteiger partial charge in [-0.3, -0.25) is 0 Å². The summed E-state index contributed by atoms with van der Waals surface area (Å²) in [7, 11) is 0. The summed E-state index contributed by atoms with van der Waals surface area (Å²) in [5.74, 6) is 3.35. The van der Waals surface area contributed by atoms with E-state index in [9.17, 15) is 0 Å². The Morgan fingerprint density at radius 1 is 0.658 bits per heavy atom. The maximum Gasteiger partial charge on any atom is 0.142 e. The molecule has 2 unspecified atom stereocenters. The second-order valence-electron chi connectivity index (χ2n) is 10.9.